The lowest BCUT2D eigenvalue weighted by molar-refractivity contribution is -0.385. The predicted octanol–water partition coefficient (Wildman–Crippen LogP) is 2.65. The number of nitrogens with zero attached hydrogens (tertiary/aromatic N) is 3. The predicted molar refractivity (Wildman–Crippen MR) is 110 cm³/mol. The van der Waals surface area contributed by atoms with Crippen molar-refractivity contribution in [1.82, 2.24) is 0 Å². The maximum atomic E-state index is 11.1. The number of hydrogen-bond donors (Lipinski definition) is 2. The number of carboxylic acids is 1. The number of nitro groups is 1. The Balaban J connectivity index is 2.22. The third kappa shape index (κ3) is 6.81. The summed E-state index contributed by atoms with van der Waals surface area (Å²) < 4.78 is 10.3. The third-order valence-corrected chi connectivity index (χ3v) is 4.28. The van der Waals surface area contributed by atoms with E-state index in [9.17, 15) is 14.9 Å². The van der Waals surface area contributed by atoms with Gasteiger partial charge in [-0.2, -0.15) is 5.10 Å². The Bertz CT molecular complexity index is 933. The summed E-state index contributed by atoms with van der Waals surface area (Å²) in [6.07, 6.45) is 1.18. The van der Waals surface area contributed by atoms with Gasteiger partial charge in [-0.3, -0.25) is 10.1 Å². The molecule has 0 saturated carbocycles. The van der Waals surface area contributed by atoms with Crippen LogP contribution >= 0.6 is 11.8 Å². The third-order valence-electron chi connectivity index (χ3n) is 3.42. The van der Waals surface area contributed by atoms with Gasteiger partial charge in [0.15, 0.2) is 23.3 Å². The Hall–Kier alpha value is -3.60. The molecule has 0 aromatic heterocycles. The van der Waals surface area contributed by atoms with Crippen LogP contribution in [0.25, 0.3) is 0 Å². The van der Waals surface area contributed by atoms with Crippen LogP contribution in [0.1, 0.15) is 11.1 Å². The van der Waals surface area contributed by atoms with E-state index < -0.39 is 17.5 Å². The smallest absolute Gasteiger partial charge is 0.341 e. The van der Waals surface area contributed by atoms with E-state index in [1.54, 1.807) is 0 Å². The van der Waals surface area contributed by atoms with Crippen molar-refractivity contribution >= 4 is 34.8 Å². The van der Waals surface area contributed by atoms with Gasteiger partial charge in [0.2, 0.25) is 0 Å². The number of carboxylic acid groups (broad SMARTS) is 1. The molecule has 2 aromatic carbocycles. The van der Waals surface area contributed by atoms with E-state index in [4.69, 9.17) is 20.3 Å². The first-order chi connectivity index (χ1) is 13.9. The molecule has 11 heteroatoms. The molecule has 152 valence electrons. The molecule has 0 atom stereocenters. The molecular weight excluding hydrogens is 400 g/mol. The van der Waals surface area contributed by atoms with Crippen LogP contribution < -0.4 is 15.2 Å². The zero-order valence-electron chi connectivity index (χ0n) is 15.3. The summed E-state index contributed by atoms with van der Waals surface area (Å²) in [4.78, 5) is 21.3. The van der Waals surface area contributed by atoms with Gasteiger partial charge in [0.05, 0.1) is 24.3 Å². The van der Waals surface area contributed by atoms with Gasteiger partial charge in [-0.1, -0.05) is 42.1 Å². The largest absolute Gasteiger partial charge is 0.493 e. The van der Waals surface area contributed by atoms with Crippen molar-refractivity contribution in [1.29, 1.82) is 0 Å². The van der Waals surface area contributed by atoms with Crippen LogP contribution in [0.2, 0.25) is 0 Å². The van der Waals surface area contributed by atoms with Crippen molar-refractivity contribution in [2.24, 2.45) is 15.9 Å². The molecule has 0 unspecified atom stereocenters. The van der Waals surface area contributed by atoms with Gasteiger partial charge in [0, 0.05) is 17.4 Å². The average molecular weight is 418 g/mol. The fourth-order valence-corrected chi connectivity index (χ4v) is 2.77. The molecule has 0 saturated heterocycles. The van der Waals surface area contributed by atoms with Crippen LogP contribution in [0, 0.1) is 10.1 Å². The van der Waals surface area contributed by atoms with Crippen molar-refractivity contribution in [3.8, 4) is 11.5 Å². The Morgan fingerprint density at radius 1 is 1.34 bits per heavy atom. The summed E-state index contributed by atoms with van der Waals surface area (Å²) in [5.74, 6) is -0.622. The Kier molecular flexibility index (Phi) is 7.98. The summed E-state index contributed by atoms with van der Waals surface area (Å²) in [5.41, 5.74) is 6.73. The zero-order valence-corrected chi connectivity index (χ0v) is 16.2. The Morgan fingerprint density at radius 2 is 2.07 bits per heavy atom. The number of aliphatic carboxylic acids is 1. The van der Waals surface area contributed by atoms with Gasteiger partial charge < -0.3 is 20.3 Å². The molecule has 0 heterocycles. The zero-order chi connectivity index (χ0) is 21.2. The molecule has 2 rings (SSSR count). The maximum absolute atomic E-state index is 11.1. The van der Waals surface area contributed by atoms with Crippen LogP contribution in [-0.2, 0) is 10.5 Å². The highest BCUT2D eigenvalue weighted by Crippen LogP contribution is 2.35. The molecule has 0 spiro atoms. The number of ether oxygens (including phenoxy) is 2. The first-order valence-corrected chi connectivity index (χ1v) is 9.13. The van der Waals surface area contributed by atoms with Crippen molar-refractivity contribution in [2.75, 3.05) is 13.7 Å². The van der Waals surface area contributed by atoms with Gasteiger partial charge in [0.1, 0.15) is 0 Å². The minimum absolute atomic E-state index is 0.00250. The van der Waals surface area contributed by atoms with Gasteiger partial charge in [-0.05, 0) is 5.56 Å². The lowest BCUT2D eigenvalue weighted by atomic mass is 10.1. The molecule has 0 fully saturated rings. The van der Waals surface area contributed by atoms with E-state index in [1.165, 1.54) is 31.2 Å². The van der Waals surface area contributed by atoms with Crippen LogP contribution in [0.15, 0.2) is 52.7 Å². The topological polar surface area (TPSA) is 150 Å². The highest BCUT2D eigenvalue weighted by molar-refractivity contribution is 8.13. The van der Waals surface area contributed by atoms with Gasteiger partial charge in [-0.15, -0.1) is 5.10 Å². The molecule has 0 bridgehead atoms. The molecule has 10 nitrogen and oxygen atoms in total. The number of thioether (sulfide) groups is 1. The number of methoxy groups -OCH3 is 1. The quantitative estimate of drug-likeness (QED) is 0.273. The second kappa shape index (κ2) is 10.7. The van der Waals surface area contributed by atoms with E-state index in [0.29, 0.717) is 5.75 Å². The van der Waals surface area contributed by atoms with E-state index in [0.717, 1.165) is 11.6 Å². The SMILES string of the molecule is COc1cc([N+](=O)[O-])cc(C=NN=C(N)SCc2ccccc2)c1OCC(=O)O. The van der Waals surface area contributed by atoms with E-state index in [1.807, 2.05) is 30.3 Å². The molecule has 2 aromatic rings. The summed E-state index contributed by atoms with van der Waals surface area (Å²) in [6.45, 7) is -0.659. The lowest BCUT2D eigenvalue weighted by Gasteiger charge is -2.11. The van der Waals surface area contributed by atoms with Crippen LogP contribution in [0.3, 0.4) is 0 Å². The second-order valence-corrected chi connectivity index (χ2v) is 6.46. The number of benzene rings is 2. The molecule has 0 aliphatic carbocycles. The number of non-ortho nitro benzene ring substituents is 1. The fourth-order valence-electron chi connectivity index (χ4n) is 2.16. The van der Waals surface area contributed by atoms with E-state index in [2.05, 4.69) is 10.2 Å². The molecular formula is C18H18N4O6S. The van der Waals surface area contributed by atoms with Gasteiger partial charge in [-0.25, -0.2) is 4.79 Å². The van der Waals surface area contributed by atoms with Crippen molar-refractivity contribution in [3.63, 3.8) is 0 Å². The average Bonchev–Trinajstić information content (AvgIpc) is 2.71. The summed E-state index contributed by atoms with van der Waals surface area (Å²) in [7, 11) is 1.28. The minimum atomic E-state index is -1.21. The van der Waals surface area contributed by atoms with Gasteiger partial charge in [0.25, 0.3) is 5.69 Å². The monoisotopic (exact) mass is 418 g/mol. The van der Waals surface area contributed by atoms with Crippen LogP contribution in [0.4, 0.5) is 5.69 Å². The Labute approximate surface area is 170 Å². The number of carbonyl (C=O) groups is 1. The normalized spacial score (nSPS) is 11.4. The number of nitrogens with two attached hydrogens (primary N) is 1. The van der Waals surface area contributed by atoms with Crippen LogP contribution in [-0.4, -0.2) is 41.1 Å². The minimum Gasteiger partial charge on any atom is -0.493 e. The first kappa shape index (κ1) is 21.7. The number of hydrogen-bond acceptors (Lipinski definition) is 8. The fraction of sp³-hybridized carbons (Fsp3) is 0.167. The molecule has 0 radical (unpaired) electrons. The van der Waals surface area contributed by atoms with E-state index >= 15 is 0 Å². The van der Waals surface area contributed by atoms with Crippen molar-refractivity contribution < 1.29 is 24.3 Å². The molecule has 3 N–H and O–H groups in total. The maximum Gasteiger partial charge on any atom is 0.341 e. The van der Waals surface area contributed by atoms with Crippen LogP contribution in [0.5, 0.6) is 11.5 Å². The first-order valence-electron chi connectivity index (χ1n) is 8.15. The highest BCUT2D eigenvalue weighted by atomic mass is 32.2. The number of amidine groups is 1. The lowest BCUT2D eigenvalue weighted by Crippen LogP contribution is -2.11. The standard InChI is InChI=1S/C18H18N4O6S/c1-27-15-8-14(22(25)26)7-13(17(15)28-10-16(23)24)9-20-21-18(19)29-11-12-5-3-2-4-6-12/h2-9H,10-11H2,1H3,(H2,19,21)(H,23,24). The van der Waals surface area contributed by atoms with Gasteiger partial charge >= 0.3 is 5.97 Å². The number of nitro benzene ring substituents is 1. The molecule has 0 amide bonds. The molecule has 0 aliphatic rings. The summed E-state index contributed by atoms with van der Waals surface area (Å²) >= 11 is 1.27. The summed E-state index contributed by atoms with van der Waals surface area (Å²) in [5, 5.41) is 27.8. The molecule has 0 aliphatic heterocycles. The number of rotatable bonds is 9. The Morgan fingerprint density at radius 3 is 2.69 bits per heavy atom. The second-order valence-electron chi connectivity index (χ2n) is 5.46. The highest BCUT2D eigenvalue weighted by Gasteiger charge is 2.18. The van der Waals surface area contributed by atoms with Crippen molar-refractivity contribution in [2.45, 2.75) is 5.75 Å². The summed E-state index contributed by atoms with van der Waals surface area (Å²) in [6, 6.07) is 11.9. The van der Waals surface area contributed by atoms with E-state index in [-0.39, 0.29) is 27.9 Å². The van der Waals surface area contributed by atoms with Crippen molar-refractivity contribution in [3.05, 3.63) is 63.7 Å². The molecule has 29 heavy (non-hydrogen) atoms.